The molecule has 27 heavy (non-hydrogen) atoms. The van der Waals surface area contributed by atoms with Crippen molar-refractivity contribution in [2.24, 2.45) is 0 Å². The molecule has 0 radical (unpaired) electrons. The maximum Gasteiger partial charge on any atom is 0.306 e. The lowest BCUT2D eigenvalue weighted by Crippen LogP contribution is -2.30. The lowest BCUT2D eigenvalue weighted by molar-refractivity contribution is -0.153. The second-order valence-electron chi connectivity index (χ2n) is 6.11. The van der Waals surface area contributed by atoms with Crippen LogP contribution in [0.5, 0.6) is 0 Å². The quantitative estimate of drug-likeness (QED) is 0.593. The molecule has 1 aromatic heterocycles. The Morgan fingerprint density at radius 2 is 1.74 bits per heavy atom. The number of aryl methyl sites for hydroxylation is 1. The molecule has 0 saturated carbocycles. The molecule has 0 aliphatic carbocycles. The average molecular weight is 379 g/mol. The first kappa shape index (κ1) is 18.9. The van der Waals surface area contributed by atoms with Gasteiger partial charge in [-0.2, -0.15) is 0 Å². The molecule has 138 valence electrons. The van der Waals surface area contributed by atoms with Crippen LogP contribution in [0.1, 0.15) is 18.2 Å². The standard InChI is InChI=1S/C22H21NO3S/c1-16(26-21(24)14-13-18-10-7-15-27-18)22(25)23-20-12-6-5-11-19(20)17-8-3-2-4-9-17/h2-12,15-16H,13-14H2,1H3,(H,23,25). The lowest BCUT2D eigenvalue weighted by atomic mass is 10.0. The van der Waals surface area contributed by atoms with Crippen molar-refractivity contribution in [2.75, 3.05) is 5.32 Å². The normalized spacial score (nSPS) is 11.6. The van der Waals surface area contributed by atoms with E-state index < -0.39 is 6.10 Å². The van der Waals surface area contributed by atoms with Crippen molar-refractivity contribution in [1.82, 2.24) is 0 Å². The van der Waals surface area contributed by atoms with E-state index in [9.17, 15) is 9.59 Å². The van der Waals surface area contributed by atoms with Crippen LogP contribution in [0, 0.1) is 0 Å². The number of para-hydroxylation sites is 1. The lowest BCUT2D eigenvalue weighted by Gasteiger charge is -2.16. The highest BCUT2D eigenvalue weighted by Gasteiger charge is 2.19. The first-order valence-electron chi connectivity index (χ1n) is 8.80. The molecule has 0 spiro atoms. The van der Waals surface area contributed by atoms with Crippen molar-refractivity contribution in [3.05, 3.63) is 77.0 Å². The summed E-state index contributed by atoms with van der Waals surface area (Å²) in [5, 5.41) is 4.84. The Morgan fingerprint density at radius 3 is 2.48 bits per heavy atom. The van der Waals surface area contributed by atoms with Crippen molar-refractivity contribution in [1.29, 1.82) is 0 Å². The van der Waals surface area contributed by atoms with Crippen LogP contribution in [0.15, 0.2) is 72.1 Å². The van der Waals surface area contributed by atoms with Crippen LogP contribution < -0.4 is 5.32 Å². The van der Waals surface area contributed by atoms with Crippen molar-refractivity contribution < 1.29 is 14.3 Å². The molecule has 0 aliphatic heterocycles. The number of esters is 1. The number of anilines is 1. The van der Waals surface area contributed by atoms with E-state index in [0.717, 1.165) is 16.0 Å². The summed E-state index contributed by atoms with van der Waals surface area (Å²) in [6.45, 7) is 1.59. The van der Waals surface area contributed by atoms with Crippen molar-refractivity contribution in [3.63, 3.8) is 0 Å². The van der Waals surface area contributed by atoms with Crippen LogP contribution in [-0.4, -0.2) is 18.0 Å². The van der Waals surface area contributed by atoms with Gasteiger partial charge in [-0.15, -0.1) is 11.3 Å². The average Bonchev–Trinajstić information content (AvgIpc) is 3.21. The molecule has 5 heteroatoms. The molecule has 1 atom stereocenters. The molecular formula is C22H21NO3S. The largest absolute Gasteiger partial charge is 0.453 e. The van der Waals surface area contributed by atoms with Crippen LogP contribution in [0.4, 0.5) is 5.69 Å². The number of hydrogen-bond donors (Lipinski definition) is 1. The molecular weight excluding hydrogens is 358 g/mol. The Bertz CT molecular complexity index is 891. The number of hydrogen-bond acceptors (Lipinski definition) is 4. The summed E-state index contributed by atoms with van der Waals surface area (Å²) in [5.74, 6) is -0.717. The van der Waals surface area contributed by atoms with E-state index in [2.05, 4.69) is 5.32 Å². The summed E-state index contributed by atoms with van der Waals surface area (Å²) >= 11 is 1.60. The minimum Gasteiger partial charge on any atom is -0.453 e. The molecule has 0 saturated heterocycles. The molecule has 0 aliphatic rings. The van der Waals surface area contributed by atoms with Gasteiger partial charge in [-0.25, -0.2) is 0 Å². The van der Waals surface area contributed by atoms with Gasteiger partial charge in [0, 0.05) is 16.1 Å². The maximum atomic E-state index is 12.5. The number of carbonyl (C=O) groups excluding carboxylic acids is 2. The molecule has 0 bridgehead atoms. The molecule has 2 aromatic carbocycles. The van der Waals surface area contributed by atoms with E-state index in [4.69, 9.17) is 4.74 Å². The van der Waals surface area contributed by atoms with Gasteiger partial charge >= 0.3 is 5.97 Å². The molecule has 1 unspecified atom stereocenters. The fourth-order valence-electron chi connectivity index (χ4n) is 2.69. The fraction of sp³-hybridized carbons (Fsp3) is 0.182. The topological polar surface area (TPSA) is 55.4 Å². The summed E-state index contributed by atoms with van der Waals surface area (Å²) in [6.07, 6.45) is 0.0325. The molecule has 1 heterocycles. The van der Waals surface area contributed by atoms with E-state index in [-0.39, 0.29) is 18.3 Å². The van der Waals surface area contributed by atoms with Crippen LogP contribution in [0.25, 0.3) is 11.1 Å². The van der Waals surface area contributed by atoms with Crippen LogP contribution in [0.3, 0.4) is 0 Å². The van der Waals surface area contributed by atoms with E-state index in [1.807, 2.05) is 72.1 Å². The third kappa shape index (κ3) is 5.28. The van der Waals surface area contributed by atoms with E-state index >= 15 is 0 Å². The van der Waals surface area contributed by atoms with Gasteiger partial charge in [0.05, 0.1) is 6.42 Å². The number of ether oxygens (including phenoxy) is 1. The smallest absolute Gasteiger partial charge is 0.306 e. The Morgan fingerprint density at radius 1 is 1.00 bits per heavy atom. The third-order valence-corrected chi connectivity index (χ3v) is 5.04. The van der Waals surface area contributed by atoms with Crippen molar-refractivity contribution in [2.45, 2.75) is 25.9 Å². The van der Waals surface area contributed by atoms with E-state index in [1.54, 1.807) is 18.3 Å². The van der Waals surface area contributed by atoms with Gasteiger partial charge in [-0.1, -0.05) is 54.6 Å². The highest BCUT2D eigenvalue weighted by molar-refractivity contribution is 7.09. The molecule has 3 aromatic rings. The molecule has 1 N–H and O–H groups in total. The van der Waals surface area contributed by atoms with Gasteiger partial charge in [0.25, 0.3) is 5.91 Å². The highest BCUT2D eigenvalue weighted by Crippen LogP contribution is 2.27. The van der Waals surface area contributed by atoms with Crippen molar-refractivity contribution >= 4 is 28.9 Å². The second kappa shape index (κ2) is 9.14. The molecule has 3 rings (SSSR count). The zero-order chi connectivity index (χ0) is 19.1. The number of nitrogens with one attached hydrogen (secondary N) is 1. The Kier molecular flexibility index (Phi) is 6.39. The molecule has 4 nitrogen and oxygen atoms in total. The zero-order valence-corrected chi connectivity index (χ0v) is 15.9. The molecule has 0 fully saturated rings. The van der Waals surface area contributed by atoms with Crippen LogP contribution in [0.2, 0.25) is 0 Å². The van der Waals surface area contributed by atoms with E-state index in [0.29, 0.717) is 12.1 Å². The Labute approximate surface area is 162 Å². The fourth-order valence-corrected chi connectivity index (χ4v) is 3.39. The predicted octanol–water partition coefficient (Wildman–Crippen LogP) is 4.92. The number of carbonyl (C=O) groups is 2. The van der Waals surface area contributed by atoms with Gasteiger partial charge in [-0.3, -0.25) is 9.59 Å². The maximum absolute atomic E-state index is 12.5. The Balaban J connectivity index is 1.59. The number of rotatable bonds is 7. The summed E-state index contributed by atoms with van der Waals surface area (Å²) in [4.78, 5) is 25.6. The number of thiophene rings is 1. The monoisotopic (exact) mass is 379 g/mol. The van der Waals surface area contributed by atoms with Crippen LogP contribution in [-0.2, 0) is 20.7 Å². The first-order chi connectivity index (χ1) is 13.1. The summed E-state index contributed by atoms with van der Waals surface area (Å²) in [6, 6.07) is 21.3. The SMILES string of the molecule is CC(OC(=O)CCc1cccs1)C(=O)Nc1ccccc1-c1ccccc1. The van der Waals surface area contributed by atoms with E-state index in [1.165, 1.54) is 0 Å². The highest BCUT2D eigenvalue weighted by atomic mass is 32.1. The van der Waals surface area contributed by atoms with Crippen LogP contribution >= 0.6 is 11.3 Å². The van der Waals surface area contributed by atoms with Gasteiger partial charge in [0.15, 0.2) is 6.10 Å². The summed E-state index contributed by atoms with van der Waals surface area (Å²) in [5.41, 5.74) is 2.62. The third-order valence-electron chi connectivity index (χ3n) is 4.10. The first-order valence-corrected chi connectivity index (χ1v) is 9.68. The van der Waals surface area contributed by atoms with Gasteiger partial charge in [-0.05, 0) is 36.4 Å². The zero-order valence-electron chi connectivity index (χ0n) is 15.1. The Hall–Kier alpha value is -2.92. The van der Waals surface area contributed by atoms with Gasteiger partial charge < -0.3 is 10.1 Å². The summed E-state index contributed by atoms with van der Waals surface area (Å²) in [7, 11) is 0. The number of amides is 1. The van der Waals surface area contributed by atoms with Gasteiger partial charge in [0.2, 0.25) is 0 Å². The van der Waals surface area contributed by atoms with Crippen molar-refractivity contribution in [3.8, 4) is 11.1 Å². The second-order valence-corrected chi connectivity index (χ2v) is 7.14. The summed E-state index contributed by atoms with van der Waals surface area (Å²) < 4.78 is 5.28. The molecule has 1 amide bonds. The minimum atomic E-state index is -0.857. The van der Waals surface area contributed by atoms with Gasteiger partial charge in [0.1, 0.15) is 0 Å². The number of benzene rings is 2. The predicted molar refractivity (Wildman–Crippen MR) is 109 cm³/mol. The minimum absolute atomic E-state index is 0.263.